The monoisotopic (exact) mass is 795 g/mol. The summed E-state index contributed by atoms with van der Waals surface area (Å²) in [5.74, 6) is -7.10. The standard InChI is InChI=1S/C45H45F4N5O4/c46-30-3-8-35(39(47)22-30)37-24-45(48,49)38-23-33(55)7-10-36(38)42(37)28-1-4-31(5-2-28)52-15-13-27(14-16-52)25-51-17-19-53(20-18-51)32-6-9-34-29(21-32)26-54(44(34)58)40-11-12-41(56)50-43(40)57/h1-10,21-23,27,37,40,42,55H,11-20,24-26H2,(H,50,56,57)/t37-,40-,42-/m0/s1. The lowest BCUT2D eigenvalue weighted by atomic mass is 9.67. The maximum atomic E-state index is 15.6. The molecule has 0 unspecified atom stereocenters. The van der Waals surface area contributed by atoms with Gasteiger partial charge in [0.05, 0.1) is 0 Å². The molecule has 4 aliphatic heterocycles. The van der Waals surface area contributed by atoms with Gasteiger partial charge >= 0.3 is 0 Å². The molecule has 0 saturated carbocycles. The lowest BCUT2D eigenvalue weighted by Gasteiger charge is -2.40. The number of phenols is 1. The zero-order chi connectivity index (χ0) is 40.3. The number of rotatable bonds is 7. The van der Waals surface area contributed by atoms with Crippen LogP contribution < -0.4 is 15.1 Å². The molecule has 2 N–H and O–H groups in total. The van der Waals surface area contributed by atoms with Gasteiger partial charge in [-0.05, 0) is 96.0 Å². The van der Waals surface area contributed by atoms with Gasteiger partial charge in [0.25, 0.3) is 11.8 Å². The Morgan fingerprint density at radius 1 is 0.759 bits per heavy atom. The second kappa shape index (κ2) is 15.1. The third kappa shape index (κ3) is 7.18. The summed E-state index contributed by atoms with van der Waals surface area (Å²) < 4.78 is 60.2. The van der Waals surface area contributed by atoms with E-state index in [0.717, 1.165) is 99.4 Å². The van der Waals surface area contributed by atoms with Gasteiger partial charge in [0.15, 0.2) is 0 Å². The number of piperidine rings is 2. The second-order valence-corrected chi connectivity index (χ2v) is 16.5. The zero-order valence-electron chi connectivity index (χ0n) is 32.0. The number of anilines is 2. The molecule has 58 heavy (non-hydrogen) atoms. The van der Waals surface area contributed by atoms with E-state index in [1.165, 1.54) is 18.2 Å². The molecule has 4 heterocycles. The lowest BCUT2D eigenvalue weighted by Crippen LogP contribution is -2.52. The number of carbonyl (C=O) groups is 3. The first-order valence-corrected chi connectivity index (χ1v) is 20.2. The van der Waals surface area contributed by atoms with Crippen molar-refractivity contribution >= 4 is 29.1 Å². The lowest BCUT2D eigenvalue weighted by molar-refractivity contribution is -0.136. The number of amides is 3. The third-order valence-electron chi connectivity index (χ3n) is 13.0. The molecule has 302 valence electrons. The fourth-order valence-electron chi connectivity index (χ4n) is 9.93. The van der Waals surface area contributed by atoms with Gasteiger partial charge in [-0.1, -0.05) is 24.3 Å². The molecule has 4 aromatic carbocycles. The van der Waals surface area contributed by atoms with Crippen LogP contribution in [0.5, 0.6) is 5.75 Å². The number of fused-ring (bicyclic) bond motifs is 2. The number of nitrogens with one attached hydrogen (secondary N) is 1. The molecule has 0 spiro atoms. The van der Waals surface area contributed by atoms with Crippen LogP contribution in [0.15, 0.2) is 78.9 Å². The van der Waals surface area contributed by atoms with Crippen LogP contribution in [0.2, 0.25) is 0 Å². The van der Waals surface area contributed by atoms with Gasteiger partial charge in [-0.25, -0.2) is 17.6 Å². The summed E-state index contributed by atoms with van der Waals surface area (Å²) >= 11 is 0. The number of hydrogen-bond donors (Lipinski definition) is 2. The van der Waals surface area contributed by atoms with E-state index in [-0.39, 0.29) is 35.1 Å². The Morgan fingerprint density at radius 3 is 2.19 bits per heavy atom. The Labute approximate surface area is 334 Å². The summed E-state index contributed by atoms with van der Waals surface area (Å²) in [6.45, 7) is 6.74. The van der Waals surface area contributed by atoms with Crippen molar-refractivity contribution in [2.75, 3.05) is 55.6 Å². The molecule has 3 atom stereocenters. The van der Waals surface area contributed by atoms with E-state index in [0.29, 0.717) is 30.0 Å². The maximum Gasteiger partial charge on any atom is 0.274 e. The zero-order valence-corrected chi connectivity index (χ0v) is 32.0. The Morgan fingerprint density at radius 2 is 1.47 bits per heavy atom. The highest BCUT2D eigenvalue weighted by Gasteiger charge is 2.48. The number of phenolic OH excluding ortho intramolecular Hbond substituents is 1. The van der Waals surface area contributed by atoms with Crippen LogP contribution in [0, 0.1) is 17.6 Å². The van der Waals surface area contributed by atoms with Gasteiger partial charge in [-0.15, -0.1) is 0 Å². The normalized spacial score (nSPS) is 23.8. The van der Waals surface area contributed by atoms with Gasteiger partial charge in [-0.3, -0.25) is 24.6 Å². The highest BCUT2D eigenvalue weighted by molar-refractivity contribution is 6.05. The smallest absolute Gasteiger partial charge is 0.274 e. The molecule has 5 aliphatic rings. The highest BCUT2D eigenvalue weighted by Crippen LogP contribution is 2.55. The number of imide groups is 1. The van der Waals surface area contributed by atoms with Crippen molar-refractivity contribution in [3.8, 4) is 5.75 Å². The van der Waals surface area contributed by atoms with Gasteiger partial charge < -0.3 is 19.8 Å². The minimum atomic E-state index is -3.32. The van der Waals surface area contributed by atoms with Crippen LogP contribution in [0.1, 0.15) is 82.1 Å². The van der Waals surface area contributed by atoms with Crippen molar-refractivity contribution in [2.24, 2.45) is 5.92 Å². The van der Waals surface area contributed by atoms with E-state index in [9.17, 15) is 23.9 Å². The van der Waals surface area contributed by atoms with Crippen molar-refractivity contribution in [1.82, 2.24) is 15.1 Å². The number of hydrogen-bond acceptors (Lipinski definition) is 7. The second-order valence-electron chi connectivity index (χ2n) is 16.5. The predicted molar refractivity (Wildman–Crippen MR) is 210 cm³/mol. The maximum absolute atomic E-state index is 15.6. The SMILES string of the molecule is O=C1CC[C@H](N2Cc3cc(N4CCN(CC5CCN(c6ccc([C@H]7c8ccc(O)cc8C(F)(F)C[C@H]7c7ccc(F)cc7F)cc6)CC5)CC4)ccc3C2=O)C(=O)N1. The minimum absolute atomic E-state index is 0.0402. The number of benzene rings is 4. The molecule has 0 bridgehead atoms. The van der Waals surface area contributed by atoms with E-state index < -0.39 is 47.8 Å². The van der Waals surface area contributed by atoms with Crippen LogP contribution in [-0.2, 0) is 22.1 Å². The number of carbonyl (C=O) groups excluding carboxylic acids is 3. The van der Waals surface area contributed by atoms with Crippen LogP contribution >= 0.6 is 0 Å². The molecule has 9 rings (SSSR count). The molecule has 0 radical (unpaired) electrons. The molecule has 13 heteroatoms. The quantitative estimate of drug-likeness (QED) is 0.156. The summed E-state index contributed by atoms with van der Waals surface area (Å²) in [7, 11) is 0. The van der Waals surface area contributed by atoms with Crippen molar-refractivity contribution in [2.45, 2.75) is 62.4 Å². The average Bonchev–Trinajstić information content (AvgIpc) is 3.53. The summed E-state index contributed by atoms with van der Waals surface area (Å²) in [5, 5.41) is 12.4. The van der Waals surface area contributed by atoms with Gasteiger partial charge in [0, 0.05) is 106 Å². The van der Waals surface area contributed by atoms with E-state index in [2.05, 4.69) is 26.1 Å². The van der Waals surface area contributed by atoms with Crippen LogP contribution in [0.3, 0.4) is 0 Å². The molecule has 3 amide bonds. The first-order chi connectivity index (χ1) is 27.9. The molecule has 4 aromatic rings. The van der Waals surface area contributed by atoms with E-state index in [1.807, 2.05) is 36.4 Å². The van der Waals surface area contributed by atoms with Crippen molar-refractivity contribution < 1.29 is 37.1 Å². The number of nitrogens with zero attached hydrogens (tertiary/aromatic N) is 4. The fraction of sp³-hybridized carbons (Fsp3) is 0.400. The molecule has 1 aliphatic carbocycles. The average molecular weight is 796 g/mol. The third-order valence-corrected chi connectivity index (χ3v) is 13.0. The number of aromatic hydroxyl groups is 1. The summed E-state index contributed by atoms with van der Waals surface area (Å²) in [6.07, 6.45) is 1.96. The minimum Gasteiger partial charge on any atom is -0.508 e. The molecular weight excluding hydrogens is 751 g/mol. The van der Waals surface area contributed by atoms with Gasteiger partial charge in [-0.2, -0.15) is 0 Å². The highest BCUT2D eigenvalue weighted by atomic mass is 19.3. The van der Waals surface area contributed by atoms with Crippen LogP contribution in [-0.4, -0.2) is 84.5 Å². The van der Waals surface area contributed by atoms with Crippen LogP contribution in [0.4, 0.5) is 28.9 Å². The molecule has 9 nitrogen and oxygen atoms in total. The first-order valence-electron chi connectivity index (χ1n) is 20.2. The van der Waals surface area contributed by atoms with E-state index in [1.54, 1.807) is 4.90 Å². The Bertz CT molecular complexity index is 2250. The summed E-state index contributed by atoms with van der Waals surface area (Å²) in [5.41, 5.74) is 4.46. The van der Waals surface area contributed by atoms with Gasteiger partial charge in [0.2, 0.25) is 11.8 Å². The largest absolute Gasteiger partial charge is 0.508 e. The van der Waals surface area contributed by atoms with Crippen molar-refractivity contribution in [1.29, 1.82) is 0 Å². The van der Waals surface area contributed by atoms with Crippen molar-refractivity contribution in [3.63, 3.8) is 0 Å². The van der Waals surface area contributed by atoms with Crippen molar-refractivity contribution in [3.05, 3.63) is 124 Å². The van der Waals surface area contributed by atoms with Crippen LogP contribution in [0.25, 0.3) is 0 Å². The summed E-state index contributed by atoms with van der Waals surface area (Å²) in [6, 6.07) is 20.2. The number of piperazine rings is 1. The Hall–Kier alpha value is -5.43. The molecule has 0 aromatic heterocycles. The summed E-state index contributed by atoms with van der Waals surface area (Å²) in [4.78, 5) is 46.0. The topological polar surface area (TPSA) is 96.4 Å². The fourth-order valence-corrected chi connectivity index (χ4v) is 9.93. The predicted octanol–water partition coefficient (Wildman–Crippen LogP) is 6.88. The Kier molecular flexibility index (Phi) is 9.90. The number of alkyl halides is 2. The Balaban J connectivity index is 0.805. The van der Waals surface area contributed by atoms with E-state index >= 15 is 13.2 Å². The molecule has 3 saturated heterocycles. The molecular formula is C45H45F4N5O4. The first kappa shape index (κ1) is 38.1. The van der Waals surface area contributed by atoms with E-state index in [4.69, 9.17) is 0 Å². The van der Waals surface area contributed by atoms with Gasteiger partial charge in [0.1, 0.15) is 23.4 Å². The molecule has 3 fully saturated rings. The number of halogens is 4.